The molecule has 384 valence electrons. The molecule has 0 heterocycles. The first-order chi connectivity index (χ1) is 32.5. The number of hydrogen-bond donors (Lipinski definition) is 0. The highest BCUT2D eigenvalue weighted by molar-refractivity contribution is 5.71. The number of rotatable bonds is 52. The summed E-state index contributed by atoms with van der Waals surface area (Å²) in [6, 6.07) is 0. The third-order valence-electron chi connectivity index (χ3n) is 12.7. The van der Waals surface area contributed by atoms with Crippen LogP contribution >= 0.6 is 0 Å². The smallest absolute Gasteiger partial charge is 0.306 e. The van der Waals surface area contributed by atoms with Crippen molar-refractivity contribution in [3.05, 3.63) is 48.6 Å². The molecule has 0 bridgehead atoms. The average molecular weight is 926 g/mol. The van der Waals surface area contributed by atoms with E-state index < -0.39 is 6.10 Å². The Morgan fingerprint density at radius 3 is 0.924 bits per heavy atom. The molecule has 6 heteroatoms. The second-order valence-corrected chi connectivity index (χ2v) is 19.3. The van der Waals surface area contributed by atoms with Crippen molar-refractivity contribution in [2.75, 3.05) is 13.2 Å². The maximum atomic E-state index is 12.8. The van der Waals surface area contributed by atoms with Crippen LogP contribution in [0.5, 0.6) is 0 Å². The summed E-state index contributed by atoms with van der Waals surface area (Å²) in [5.41, 5.74) is 0. The third-order valence-corrected chi connectivity index (χ3v) is 12.7. The molecule has 0 saturated carbocycles. The zero-order chi connectivity index (χ0) is 47.9. The van der Waals surface area contributed by atoms with Gasteiger partial charge in [0.15, 0.2) is 6.10 Å². The molecule has 0 aliphatic heterocycles. The van der Waals surface area contributed by atoms with Gasteiger partial charge in [-0.2, -0.15) is 0 Å². The zero-order valence-corrected chi connectivity index (χ0v) is 44.0. The molecule has 0 N–H and O–H groups in total. The number of unbranched alkanes of at least 4 members (excludes halogenated alkanes) is 36. The van der Waals surface area contributed by atoms with Crippen LogP contribution in [0.3, 0.4) is 0 Å². The van der Waals surface area contributed by atoms with Crippen LogP contribution in [0.25, 0.3) is 0 Å². The van der Waals surface area contributed by atoms with Gasteiger partial charge in [0.05, 0.1) is 0 Å². The van der Waals surface area contributed by atoms with Gasteiger partial charge in [0.2, 0.25) is 0 Å². The number of hydrogen-bond acceptors (Lipinski definition) is 6. The summed E-state index contributed by atoms with van der Waals surface area (Å²) in [5, 5.41) is 0. The van der Waals surface area contributed by atoms with Gasteiger partial charge in [-0.15, -0.1) is 0 Å². The van der Waals surface area contributed by atoms with E-state index in [9.17, 15) is 14.4 Å². The number of carbonyl (C=O) groups excluding carboxylic acids is 3. The molecule has 66 heavy (non-hydrogen) atoms. The lowest BCUT2D eigenvalue weighted by Crippen LogP contribution is -2.30. The van der Waals surface area contributed by atoms with Crippen LogP contribution in [-0.4, -0.2) is 37.2 Å². The molecule has 1 atom stereocenters. The molecule has 0 fully saturated rings. The summed E-state index contributed by atoms with van der Waals surface area (Å²) in [6.45, 7) is 6.51. The first-order valence-corrected chi connectivity index (χ1v) is 28.7. The predicted octanol–water partition coefficient (Wildman–Crippen LogP) is 19.0. The summed E-state index contributed by atoms with van der Waals surface area (Å²) >= 11 is 0. The minimum atomic E-state index is -0.785. The van der Waals surface area contributed by atoms with Crippen LogP contribution in [0.4, 0.5) is 0 Å². The first kappa shape index (κ1) is 63.4. The van der Waals surface area contributed by atoms with Crippen LogP contribution in [0.15, 0.2) is 48.6 Å². The molecule has 0 spiro atoms. The predicted molar refractivity (Wildman–Crippen MR) is 284 cm³/mol. The molecule has 0 saturated heterocycles. The molecular formula is C60H108O6. The van der Waals surface area contributed by atoms with Gasteiger partial charge < -0.3 is 14.2 Å². The summed E-state index contributed by atoms with van der Waals surface area (Å²) in [4.78, 5) is 38.1. The van der Waals surface area contributed by atoms with Crippen molar-refractivity contribution in [1.29, 1.82) is 0 Å². The second kappa shape index (κ2) is 55.0. The Balaban J connectivity index is 4.34. The van der Waals surface area contributed by atoms with Gasteiger partial charge in [-0.25, -0.2) is 0 Å². The lowest BCUT2D eigenvalue weighted by Gasteiger charge is -2.18. The minimum Gasteiger partial charge on any atom is -0.462 e. The summed E-state index contributed by atoms with van der Waals surface area (Å²) in [6.07, 6.45) is 66.8. The van der Waals surface area contributed by atoms with Gasteiger partial charge in [-0.05, 0) is 38.5 Å². The van der Waals surface area contributed by atoms with Crippen LogP contribution in [0.1, 0.15) is 297 Å². The molecule has 0 aromatic rings. The van der Waals surface area contributed by atoms with Crippen LogP contribution in [0.2, 0.25) is 0 Å². The number of carbonyl (C=O) groups is 3. The molecule has 0 amide bonds. The maximum Gasteiger partial charge on any atom is 0.306 e. The van der Waals surface area contributed by atoms with Crippen molar-refractivity contribution in [1.82, 2.24) is 0 Å². The summed E-state index contributed by atoms with van der Waals surface area (Å²) < 4.78 is 16.8. The molecule has 0 aromatic carbocycles. The first-order valence-electron chi connectivity index (χ1n) is 28.7. The fraction of sp³-hybridized carbons (Fsp3) is 0.817. The highest BCUT2D eigenvalue weighted by atomic mass is 16.6. The van der Waals surface area contributed by atoms with E-state index in [0.29, 0.717) is 19.3 Å². The van der Waals surface area contributed by atoms with Crippen LogP contribution in [0, 0.1) is 0 Å². The van der Waals surface area contributed by atoms with E-state index in [2.05, 4.69) is 39.0 Å². The van der Waals surface area contributed by atoms with E-state index >= 15 is 0 Å². The van der Waals surface area contributed by atoms with Gasteiger partial charge in [0.1, 0.15) is 13.2 Å². The van der Waals surface area contributed by atoms with Crippen molar-refractivity contribution in [3.63, 3.8) is 0 Å². The van der Waals surface area contributed by atoms with Gasteiger partial charge >= 0.3 is 17.9 Å². The van der Waals surface area contributed by atoms with E-state index in [1.165, 1.54) is 186 Å². The molecule has 6 nitrogen and oxygen atoms in total. The van der Waals surface area contributed by atoms with E-state index in [-0.39, 0.29) is 31.1 Å². The SMILES string of the molecule is CC/C=C/C=C/C=C/C=C/CCCCCC(=O)OCC(COC(=O)CCCCCCCCCCCCCCCCCCCCC)OC(=O)CCCCCCCCCCCCCCCCCC. The molecule has 0 aliphatic carbocycles. The fourth-order valence-electron chi connectivity index (χ4n) is 8.40. The molecule has 0 aromatic heterocycles. The molecular weight excluding hydrogens is 817 g/mol. The van der Waals surface area contributed by atoms with Gasteiger partial charge in [-0.3, -0.25) is 14.4 Å². The van der Waals surface area contributed by atoms with Gasteiger partial charge in [-0.1, -0.05) is 288 Å². The van der Waals surface area contributed by atoms with Crippen LogP contribution in [-0.2, 0) is 28.6 Å². The van der Waals surface area contributed by atoms with Gasteiger partial charge in [0.25, 0.3) is 0 Å². The third kappa shape index (κ3) is 52.3. The maximum absolute atomic E-state index is 12.8. The summed E-state index contributed by atoms with van der Waals surface area (Å²) in [7, 11) is 0. The zero-order valence-electron chi connectivity index (χ0n) is 44.0. The minimum absolute atomic E-state index is 0.0814. The fourth-order valence-corrected chi connectivity index (χ4v) is 8.40. The van der Waals surface area contributed by atoms with Crippen molar-refractivity contribution in [2.45, 2.75) is 303 Å². The Hall–Kier alpha value is -2.63. The standard InChI is InChI=1S/C60H108O6/c1-4-7-10-13-16-19-22-25-27-29-30-31-33-35-38-41-44-47-50-53-59(62)65-56-57(55-64-58(61)52-49-46-43-40-37-34-24-21-18-15-12-9-6-3)66-60(63)54-51-48-45-42-39-36-32-28-26-23-20-17-14-11-8-5-2/h9,12,15,18,21,24,34,37,57H,4-8,10-11,13-14,16-17,19-20,22-23,25-33,35-36,38-56H2,1-3H3/b12-9+,18-15+,24-21+,37-34+. The highest BCUT2D eigenvalue weighted by Crippen LogP contribution is 2.17. The Labute approximate surface area is 409 Å². The second-order valence-electron chi connectivity index (χ2n) is 19.3. The van der Waals surface area contributed by atoms with Gasteiger partial charge in [0, 0.05) is 19.3 Å². The molecule has 0 aliphatic rings. The normalized spacial score (nSPS) is 12.3. The van der Waals surface area contributed by atoms with E-state index in [0.717, 1.165) is 70.6 Å². The topological polar surface area (TPSA) is 78.9 Å². The molecule has 0 rings (SSSR count). The Bertz CT molecular complexity index is 1150. The summed E-state index contributed by atoms with van der Waals surface area (Å²) in [5.74, 6) is -0.905. The lowest BCUT2D eigenvalue weighted by molar-refractivity contribution is -0.167. The number of esters is 3. The Morgan fingerprint density at radius 1 is 0.318 bits per heavy atom. The monoisotopic (exact) mass is 925 g/mol. The van der Waals surface area contributed by atoms with Crippen molar-refractivity contribution in [2.24, 2.45) is 0 Å². The molecule has 0 radical (unpaired) electrons. The Morgan fingerprint density at radius 2 is 0.591 bits per heavy atom. The van der Waals surface area contributed by atoms with Crippen molar-refractivity contribution >= 4 is 17.9 Å². The Kier molecular flexibility index (Phi) is 52.8. The van der Waals surface area contributed by atoms with Crippen LogP contribution < -0.4 is 0 Å². The quantitative estimate of drug-likeness (QED) is 0.0262. The number of ether oxygens (including phenoxy) is 3. The lowest BCUT2D eigenvalue weighted by atomic mass is 10.0. The van der Waals surface area contributed by atoms with E-state index in [1.54, 1.807) is 0 Å². The van der Waals surface area contributed by atoms with E-state index in [4.69, 9.17) is 14.2 Å². The molecule has 1 unspecified atom stereocenters. The van der Waals surface area contributed by atoms with E-state index in [1.807, 2.05) is 30.4 Å². The average Bonchev–Trinajstić information content (AvgIpc) is 3.31. The largest absolute Gasteiger partial charge is 0.462 e. The highest BCUT2D eigenvalue weighted by Gasteiger charge is 2.19. The number of allylic oxidation sites excluding steroid dienone is 8. The van der Waals surface area contributed by atoms with Crippen molar-refractivity contribution < 1.29 is 28.6 Å². The van der Waals surface area contributed by atoms with Crippen molar-refractivity contribution in [3.8, 4) is 0 Å².